The fraction of sp³-hybridized carbons (Fsp3) is 0.125. The Hall–Kier alpha value is -2.42. The molecule has 0 aliphatic heterocycles. The summed E-state index contributed by atoms with van der Waals surface area (Å²) in [5, 5.41) is 0. The van der Waals surface area contributed by atoms with Crippen LogP contribution in [-0.4, -0.2) is 11.0 Å². The first kappa shape index (κ1) is 11.7. The number of ether oxygens (including phenoxy) is 1. The molecule has 0 aliphatic rings. The van der Waals surface area contributed by atoms with Crippen LogP contribution in [0.3, 0.4) is 0 Å². The first-order valence-electron chi connectivity index (χ1n) is 6.38. The van der Waals surface area contributed by atoms with Crippen molar-refractivity contribution in [2.24, 2.45) is 0 Å². The van der Waals surface area contributed by atoms with Crippen molar-refractivity contribution in [2.75, 3.05) is 12.3 Å². The van der Waals surface area contributed by atoms with Crippen molar-refractivity contribution < 1.29 is 4.74 Å². The van der Waals surface area contributed by atoms with Crippen molar-refractivity contribution in [3.05, 3.63) is 54.7 Å². The van der Waals surface area contributed by atoms with E-state index in [1.165, 1.54) is 0 Å². The molecule has 0 amide bonds. The smallest absolute Gasteiger partial charge is 0.119 e. The molecule has 0 saturated carbocycles. The molecule has 96 valence electrons. The predicted octanol–water partition coefficient (Wildman–Crippen LogP) is 3.59. The number of nitrogens with two attached hydrogens (primary N) is 1. The van der Waals surface area contributed by atoms with Gasteiger partial charge in [0.25, 0.3) is 0 Å². The molecule has 0 spiro atoms. The van der Waals surface area contributed by atoms with Crippen LogP contribution in [0.4, 0.5) is 5.82 Å². The van der Waals surface area contributed by atoms with Crippen LogP contribution in [0.15, 0.2) is 54.7 Å². The largest absolute Gasteiger partial charge is 0.494 e. The van der Waals surface area contributed by atoms with Crippen LogP contribution in [0, 0.1) is 0 Å². The van der Waals surface area contributed by atoms with Gasteiger partial charge in [0.05, 0.1) is 6.61 Å². The zero-order valence-electron chi connectivity index (χ0n) is 10.8. The third-order valence-corrected chi connectivity index (χ3v) is 3.20. The van der Waals surface area contributed by atoms with Gasteiger partial charge >= 0.3 is 0 Å². The summed E-state index contributed by atoms with van der Waals surface area (Å²) in [4.78, 5) is 0. The van der Waals surface area contributed by atoms with E-state index in [4.69, 9.17) is 10.5 Å². The first-order chi connectivity index (χ1) is 9.29. The van der Waals surface area contributed by atoms with Crippen molar-refractivity contribution in [1.82, 2.24) is 4.40 Å². The molecule has 19 heavy (non-hydrogen) atoms. The van der Waals surface area contributed by atoms with Crippen LogP contribution in [-0.2, 0) is 0 Å². The summed E-state index contributed by atoms with van der Waals surface area (Å²) in [6, 6.07) is 16.2. The van der Waals surface area contributed by atoms with E-state index < -0.39 is 0 Å². The van der Waals surface area contributed by atoms with Crippen molar-refractivity contribution in [2.45, 2.75) is 6.92 Å². The van der Waals surface area contributed by atoms with Gasteiger partial charge in [0, 0.05) is 17.3 Å². The Morgan fingerprint density at radius 1 is 1.11 bits per heavy atom. The van der Waals surface area contributed by atoms with Crippen LogP contribution < -0.4 is 10.5 Å². The maximum atomic E-state index is 6.20. The molecule has 3 rings (SSSR count). The third-order valence-electron chi connectivity index (χ3n) is 3.20. The number of rotatable bonds is 3. The van der Waals surface area contributed by atoms with Gasteiger partial charge in [0.15, 0.2) is 0 Å². The highest BCUT2D eigenvalue weighted by atomic mass is 16.5. The van der Waals surface area contributed by atoms with Gasteiger partial charge in [-0.1, -0.05) is 18.2 Å². The molecule has 0 fully saturated rings. The summed E-state index contributed by atoms with van der Waals surface area (Å²) in [7, 11) is 0. The number of nitrogen functional groups attached to an aromatic ring is 1. The van der Waals surface area contributed by atoms with Crippen LogP contribution in [0.25, 0.3) is 16.6 Å². The van der Waals surface area contributed by atoms with Crippen LogP contribution >= 0.6 is 0 Å². The number of hydrogen-bond donors (Lipinski definition) is 1. The van der Waals surface area contributed by atoms with Crippen molar-refractivity contribution in [3.63, 3.8) is 0 Å². The molecule has 2 aromatic heterocycles. The quantitative estimate of drug-likeness (QED) is 0.773. The average Bonchev–Trinajstić information content (AvgIpc) is 2.78. The summed E-state index contributed by atoms with van der Waals surface area (Å²) in [5.41, 5.74) is 9.45. The lowest BCUT2D eigenvalue weighted by molar-refractivity contribution is 0.340. The summed E-state index contributed by atoms with van der Waals surface area (Å²) in [5.74, 6) is 1.65. The lowest BCUT2D eigenvalue weighted by atomic mass is 10.1. The highest BCUT2D eigenvalue weighted by Crippen LogP contribution is 2.30. The van der Waals surface area contributed by atoms with E-state index >= 15 is 0 Å². The topological polar surface area (TPSA) is 39.7 Å². The van der Waals surface area contributed by atoms with E-state index in [-0.39, 0.29) is 0 Å². The highest BCUT2D eigenvalue weighted by Gasteiger charge is 2.08. The molecule has 0 radical (unpaired) electrons. The molecule has 2 N–H and O–H groups in total. The molecule has 3 nitrogen and oxygen atoms in total. The van der Waals surface area contributed by atoms with Gasteiger partial charge in [-0.3, -0.25) is 0 Å². The highest BCUT2D eigenvalue weighted by molar-refractivity contribution is 5.81. The maximum absolute atomic E-state index is 6.20. The minimum absolute atomic E-state index is 0.678. The van der Waals surface area contributed by atoms with Crippen LogP contribution in [0.5, 0.6) is 5.75 Å². The number of pyridine rings is 1. The second kappa shape index (κ2) is 4.69. The number of fused-ring (bicyclic) bond motifs is 1. The molecular weight excluding hydrogens is 236 g/mol. The standard InChI is InChI=1S/C16H16N2O/c1-2-19-14-8-6-12(7-9-14)15-11-13-5-3-4-10-18(13)16(15)17/h3-11H,2,17H2,1H3. The van der Waals surface area contributed by atoms with Crippen molar-refractivity contribution >= 4 is 11.3 Å². The minimum Gasteiger partial charge on any atom is -0.494 e. The van der Waals surface area contributed by atoms with Crippen LogP contribution in [0.2, 0.25) is 0 Å². The summed E-state index contributed by atoms with van der Waals surface area (Å²) < 4.78 is 7.44. The predicted molar refractivity (Wildman–Crippen MR) is 78.4 cm³/mol. The summed E-state index contributed by atoms with van der Waals surface area (Å²) >= 11 is 0. The molecule has 2 heterocycles. The van der Waals surface area contributed by atoms with E-state index in [2.05, 4.69) is 12.1 Å². The molecule has 0 atom stereocenters. The van der Waals surface area contributed by atoms with E-state index in [0.717, 1.165) is 28.2 Å². The first-order valence-corrected chi connectivity index (χ1v) is 6.38. The Labute approximate surface area is 112 Å². The SMILES string of the molecule is CCOc1ccc(-c2cc3ccccn3c2N)cc1. The number of nitrogens with zero attached hydrogens (tertiary/aromatic N) is 1. The molecule has 1 aromatic carbocycles. The van der Waals surface area contributed by atoms with E-state index in [9.17, 15) is 0 Å². The number of anilines is 1. The number of benzene rings is 1. The minimum atomic E-state index is 0.678. The molecule has 3 aromatic rings. The van der Waals surface area contributed by atoms with Gasteiger partial charge in [-0.2, -0.15) is 0 Å². The molecular formula is C16H16N2O. The second-order valence-corrected chi connectivity index (χ2v) is 4.40. The molecule has 0 saturated heterocycles. The number of hydrogen-bond acceptors (Lipinski definition) is 2. The Morgan fingerprint density at radius 2 is 1.89 bits per heavy atom. The third kappa shape index (κ3) is 2.03. The van der Waals surface area contributed by atoms with E-state index in [1.807, 2.05) is 53.9 Å². The summed E-state index contributed by atoms with van der Waals surface area (Å²) in [6.45, 7) is 2.66. The van der Waals surface area contributed by atoms with E-state index in [0.29, 0.717) is 6.61 Å². The van der Waals surface area contributed by atoms with Crippen molar-refractivity contribution in [3.8, 4) is 16.9 Å². The van der Waals surface area contributed by atoms with Gasteiger partial charge in [-0.15, -0.1) is 0 Å². The van der Waals surface area contributed by atoms with Crippen molar-refractivity contribution in [1.29, 1.82) is 0 Å². The van der Waals surface area contributed by atoms with Gasteiger partial charge < -0.3 is 14.9 Å². The lowest BCUT2D eigenvalue weighted by Gasteiger charge is -2.05. The Morgan fingerprint density at radius 3 is 2.58 bits per heavy atom. The Bertz CT molecular complexity index is 698. The Balaban J connectivity index is 2.06. The zero-order chi connectivity index (χ0) is 13.2. The maximum Gasteiger partial charge on any atom is 0.119 e. The van der Waals surface area contributed by atoms with Gasteiger partial charge in [0.2, 0.25) is 0 Å². The van der Waals surface area contributed by atoms with Gasteiger partial charge in [-0.25, -0.2) is 0 Å². The van der Waals surface area contributed by atoms with E-state index in [1.54, 1.807) is 0 Å². The van der Waals surface area contributed by atoms with Crippen LogP contribution in [0.1, 0.15) is 6.92 Å². The number of aromatic nitrogens is 1. The fourth-order valence-corrected chi connectivity index (χ4v) is 2.27. The second-order valence-electron chi connectivity index (χ2n) is 4.40. The molecule has 0 unspecified atom stereocenters. The molecule has 0 aliphatic carbocycles. The average molecular weight is 252 g/mol. The van der Waals surface area contributed by atoms with Gasteiger partial charge in [-0.05, 0) is 42.8 Å². The van der Waals surface area contributed by atoms with Gasteiger partial charge in [0.1, 0.15) is 11.6 Å². The normalized spacial score (nSPS) is 10.8. The Kier molecular flexibility index (Phi) is 2.88. The summed E-state index contributed by atoms with van der Waals surface area (Å²) in [6.07, 6.45) is 1.97. The molecule has 3 heteroatoms. The lowest BCUT2D eigenvalue weighted by Crippen LogP contribution is -1.94. The monoisotopic (exact) mass is 252 g/mol. The fourth-order valence-electron chi connectivity index (χ4n) is 2.27. The molecule has 0 bridgehead atoms. The zero-order valence-corrected chi connectivity index (χ0v) is 10.8.